The molecule has 0 saturated carbocycles. The Morgan fingerprint density at radius 1 is 0.442 bits per heavy atom. The predicted molar refractivity (Wildman–Crippen MR) is 167 cm³/mol. The Labute approximate surface area is 252 Å². The maximum atomic E-state index is 12.3. The second kappa shape index (κ2) is 15.0. The molecule has 0 heterocycles. The van der Waals surface area contributed by atoms with Crippen molar-refractivity contribution in [3.8, 4) is 0 Å². The normalized spacial score (nSPS) is 10.5. The molecule has 0 aliphatic heterocycles. The summed E-state index contributed by atoms with van der Waals surface area (Å²) in [6.07, 6.45) is 0.300. The second-order valence-electron chi connectivity index (χ2n) is 9.96. The molecule has 0 radical (unpaired) electrons. The molecule has 0 aliphatic carbocycles. The van der Waals surface area contributed by atoms with E-state index < -0.39 is 6.16 Å². The number of para-hydroxylation sites is 1. The lowest BCUT2D eigenvalue weighted by Gasteiger charge is -2.25. The molecular formula is C37H33NO5. The van der Waals surface area contributed by atoms with E-state index in [9.17, 15) is 9.59 Å². The van der Waals surface area contributed by atoms with Crippen molar-refractivity contribution < 1.29 is 23.8 Å². The van der Waals surface area contributed by atoms with Gasteiger partial charge in [-0.1, -0.05) is 103 Å². The minimum atomic E-state index is -0.708. The van der Waals surface area contributed by atoms with E-state index in [1.165, 1.54) is 0 Å². The minimum absolute atomic E-state index is 0.109. The van der Waals surface area contributed by atoms with E-state index in [0.29, 0.717) is 12.8 Å². The van der Waals surface area contributed by atoms with Crippen LogP contribution in [0.1, 0.15) is 28.7 Å². The number of carbonyl (C=O) groups excluding carboxylic acids is 2. The summed E-state index contributed by atoms with van der Waals surface area (Å²) < 4.78 is 16.0. The second-order valence-corrected chi connectivity index (χ2v) is 9.96. The van der Waals surface area contributed by atoms with Gasteiger partial charge >= 0.3 is 12.1 Å². The molecule has 0 spiro atoms. The standard InChI is InChI=1S/C37H33NO5/c39-36(25-20-29-10-4-1-5-11-29)41-26-31-16-21-34(22-17-31)38(33-14-8-3-9-15-33)35-23-18-32(19-24-35)28-43-37(40)42-27-30-12-6-2-7-13-30/h1-19,21-24H,20,25-28H2. The van der Waals surface area contributed by atoms with E-state index in [2.05, 4.69) is 4.90 Å². The van der Waals surface area contributed by atoms with Gasteiger partial charge in [0.25, 0.3) is 0 Å². The van der Waals surface area contributed by atoms with E-state index in [-0.39, 0.29) is 25.8 Å². The third-order valence-corrected chi connectivity index (χ3v) is 6.82. The van der Waals surface area contributed by atoms with Gasteiger partial charge in [0.15, 0.2) is 0 Å². The van der Waals surface area contributed by atoms with Gasteiger partial charge < -0.3 is 19.1 Å². The van der Waals surface area contributed by atoms with E-state index >= 15 is 0 Å². The average molecular weight is 572 g/mol. The molecule has 0 bridgehead atoms. The van der Waals surface area contributed by atoms with Crippen LogP contribution >= 0.6 is 0 Å². The van der Waals surface area contributed by atoms with Crippen LogP contribution < -0.4 is 4.90 Å². The molecule has 0 saturated heterocycles. The lowest BCUT2D eigenvalue weighted by molar-refractivity contribution is -0.144. The quantitative estimate of drug-likeness (QED) is 0.140. The summed E-state index contributed by atoms with van der Waals surface area (Å²) in [7, 11) is 0. The molecule has 0 aromatic heterocycles. The van der Waals surface area contributed by atoms with Crippen LogP contribution in [-0.4, -0.2) is 12.1 Å². The highest BCUT2D eigenvalue weighted by Gasteiger charge is 2.13. The van der Waals surface area contributed by atoms with Crippen molar-refractivity contribution in [2.45, 2.75) is 32.7 Å². The predicted octanol–water partition coefficient (Wildman–Crippen LogP) is 8.69. The molecule has 5 aromatic carbocycles. The summed E-state index contributed by atoms with van der Waals surface area (Å²) in [4.78, 5) is 26.5. The molecule has 0 aliphatic rings. The molecule has 6 nitrogen and oxygen atoms in total. The van der Waals surface area contributed by atoms with Gasteiger partial charge in [0.05, 0.1) is 0 Å². The third kappa shape index (κ3) is 8.81. The number of ether oxygens (including phenoxy) is 3. The summed E-state index contributed by atoms with van der Waals surface area (Å²) in [5, 5.41) is 0. The monoisotopic (exact) mass is 571 g/mol. The first-order valence-electron chi connectivity index (χ1n) is 14.2. The van der Waals surface area contributed by atoms with Crippen molar-refractivity contribution >= 4 is 29.2 Å². The van der Waals surface area contributed by atoms with Crippen molar-refractivity contribution in [3.05, 3.63) is 162 Å². The SMILES string of the molecule is O=C(CCc1ccccc1)OCc1ccc(N(c2ccccc2)c2ccc(COC(=O)OCc3ccccc3)cc2)cc1. The molecule has 6 heteroatoms. The first kappa shape index (κ1) is 29.1. The van der Waals surface area contributed by atoms with Gasteiger partial charge in [0.1, 0.15) is 19.8 Å². The summed E-state index contributed by atoms with van der Waals surface area (Å²) in [6, 6.07) is 45.3. The molecule has 0 fully saturated rings. The Morgan fingerprint density at radius 2 is 0.837 bits per heavy atom. The minimum Gasteiger partial charge on any atom is -0.461 e. The van der Waals surface area contributed by atoms with Crippen LogP contribution in [0.15, 0.2) is 140 Å². The fraction of sp³-hybridized carbons (Fsp3) is 0.135. The maximum absolute atomic E-state index is 12.3. The fourth-order valence-corrected chi connectivity index (χ4v) is 4.53. The highest BCUT2D eigenvalue weighted by molar-refractivity contribution is 5.76. The summed E-state index contributed by atoms with van der Waals surface area (Å²) >= 11 is 0. The zero-order valence-corrected chi connectivity index (χ0v) is 23.8. The van der Waals surface area contributed by atoms with Crippen LogP contribution in [0.3, 0.4) is 0 Å². The number of nitrogens with zero attached hydrogens (tertiary/aromatic N) is 1. The smallest absolute Gasteiger partial charge is 0.461 e. The van der Waals surface area contributed by atoms with Gasteiger partial charge in [-0.25, -0.2) is 4.79 Å². The van der Waals surface area contributed by atoms with Gasteiger partial charge in [-0.2, -0.15) is 0 Å². The van der Waals surface area contributed by atoms with Gasteiger partial charge in [-0.15, -0.1) is 0 Å². The Hall–Kier alpha value is -5.36. The number of hydrogen-bond donors (Lipinski definition) is 0. The molecule has 216 valence electrons. The number of anilines is 3. The first-order valence-corrected chi connectivity index (χ1v) is 14.2. The highest BCUT2D eigenvalue weighted by atomic mass is 16.7. The third-order valence-electron chi connectivity index (χ3n) is 6.82. The van der Waals surface area contributed by atoms with Crippen molar-refractivity contribution in [1.29, 1.82) is 0 Å². The van der Waals surface area contributed by atoms with Gasteiger partial charge in [-0.3, -0.25) is 4.79 Å². The maximum Gasteiger partial charge on any atom is 0.508 e. The lowest BCUT2D eigenvalue weighted by Crippen LogP contribution is -2.11. The van der Waals surface area contributed by atoms with Crippen LogP contribution in [0, 0.1) is 0 Å². The number of rotatable bonds is 12. The topological polar surface area (TPSA) is 65.1 Å². The zero-order valence-electron chi connectivity index (χ0n) is 23.8. The van der Waals surface area contributed by atoms with Crippen molar-refractivity contribution in [1.82, 2.24) is 0 Å². The molecule has 0 atom stereocenters. The van der Waals surface area contributed by atoms with E-state index in [0.717, 1.165) is 39.3 Å². The number of aryl methyl sites for hydroxylation is 1. The first-order chi connectivity index (χ1) is 21.1. The number of benzene rings is 5. The Morgan fingerprint density at radius 3 is 1.35 bits per heavy atom. The van der Waals surface area contributed by atoms with E-state index in [1.807, 2.05) is 140 Å². The number of carbonyl (C=O) groups is 2. The molecule has 0 amide bonds. The molecule has 0 unspecified atom stereocenters. The highest BCUT2D eigenvalue weighted by Crippen LogP contribution is 2.34. The zero-order chi connectivity index (χ0) is 29.7. The fourth-order valence-electron chi connectivity index (χ4n) is 4.53. The van der Waals surface area contributed by atoms with Gasteiger partial charge in [0, 0.05) is 23.5 Å². The summed E-state index contributed by atoms with van der Waals surface area (Å²) in [6.45, 7) is 0.500. The van der Waals surface area contributed by atoms with E-state index in [4.69, 9.17) is 14.2 Å². The number of esters is 1. The van der Waals surface area contributed by atoms with Gasteiger partial charge in [-0.05, 0) is 65.1 Å². The molecule has 5 rings (SSSR count). The van der Waals surface area contributed by atoms with Crippen LogP contribution in [0.5, 0.6) is 0 Å². The summed E-state index contributed by atoms with van der Waals surface area (Å²) in [5.41, 5.74) is 6.68. The summed E-state index contributed by atoms with van der Waals surface area (Å²) in [5.74, 6) is -0.215. The van der Waals surface area contributed by atoms with Gasteiger partial charge in [0.2, 0.25) is 0 Å². The van der Waals surface area contributed by atoms with Crippen LogP contribution in [0.4, 0.5) is 21.9 Å². The Kier molecular flexibility index (Phi) is 10.2. The molecule has 0 N–H and O–H groups in total. The largest absolute Gasteiger partial charge is 0.508 e. The number of hydrogen-bond acceptors (Lipinski definition) is 6. The Bertz CT molecular complexity index is 1470. The van der Waals surface area contributed by atoms with Crippen LogP contribution in [0.25, 0.3) is 0 Å². The van der Waals surface area contributed by atoms with E-state index in [1.54, 1.807) is 0 Å². The molecular weight excluding hydrogens is 538 g/mol. The molecule has 5 aromatic rings. The van der Waals surface area contributed by atoms with Crippen LogP contribution in [0.2, 0.25) is 0 Å². The molecule has 43 heavy (non-hydrogen) atoms. The average Bonchev–Trinajstić information content (AvgIpc) is 3.07. The van der Waals surface area contributed by atoms with Crippen molar-refractivity contribution in [3.63, 3.8) is 0 Å². The Balaban J connectivity index is 1.18. The van der Waals surface area contributed by atoms with Crippen LogP contribution in [-0.2, 0) is 45.2 Å². The lowest BCUT2D eigenvalue weighted by atomic mass is 10.1. The van der Waals surface area contributed by atoms with Crippen molar-refractivity contribution in [2.24, 2.45) is 0 Å². The van der Waals surface area contributed by atoms with Crippen molar-refractivity contribution in [2.75, 3.05) is 4.90 Å².